The second-order valence-electron chi connectivity index (χ2n) is 3.79. The maximum absolute atomic E-state index is 10.6. The van der Waals surface area contributed by atoms with Crippen molar-refractivity contribution >= 4 is 21.9 Å². The van der Waals surface area contributed by atoms with Crippen LogP contribution < -0.4 is 11.5 Å². The molecule has 0 bridgehead atoms. The van der Waals surface area contributed by atoms with E-state index >= 15 is 0 Å². The molecule has 0 spiro atoms. The zero-order valence-electron chi connectivity index (χ0n) is 8.98. The quantitative estimate of drug-likeness (QED) is 0.784. The minimum Gasteiger partial charge on any atom is -0.481 e. The minimum atomic E-state index is -0.935. The highest BCUT2D eigenvalue weighted by Gasteiger charge is 2.19. The first kappa shape index (κ1) is 13.2. The summed E-state index contributed by atoms with van der Waals surface area (Å²) >= 11 is 3.35. The van der Waals surface area contributed by atoms with Gasteiger partial charge in [0.2, 0.25) is 0 Å². The van der Waals surface area contributed by atoms with Gasteiger partial charge in [0.05, 0.1) is 6.42 Å². The summed E-state index contributed by atoms with van der Waals surface area (Å²) in [5, 5.41) is 8.66. The standard InChI is InChI=1S/C11H15BrN2O2/c1-6-2-3-7(12)4-8(6)11(14)9(13)5-10(15)16/h2-4,9,11H,5,13-14H2,1H3,(H,15,16). The Kier molecular flexibility index (Phi) is 4.46. The zero-order chi connectivity index (χ0) is 12.3. The first-order chi connectivity index (χ1) is 7.41. The monoisotopic (exact) mass is 286 g/mol. The Morgan fingerprint density at radius 1 is 1.50 bits per heavy atom. The van der Waals surface area contributed by atoms with Crippen molar-refractivity contribution in [2.24, 2.45) is 11.5 Å². The summed E-state index contributed by atoms with van der Waals surface area (Å²) < 4.78 is 0.908. The fraction of sp³-hybridized carbons (Fsp3) is 0.364. The molecule has 0 aliphatic heterocycles. The van der Waals surface area contributed by atoms with Gasteiger partial charge in [0.25, 0.3) is 0 Å². The molecule has 0 amide bonds. The number of nitrogens with two attached hydrogens (primary N) is 2. The molecule has 0 aliphatic rings. The number of halogens is 1. The molecule has 2 unspecified atom stereocenters. The molecule has 0 saturated heterocycles. The summed E-state index contributed by atoms with van der Waals surface area (Å²) in [4.78, 5) is 10.6. The maximum Gasteiger partial charge on any atom is 0.304 e. The molecule has 2 atom stereocenters. The lowest BCUT2D eigenvalue weighted by molar-refractivity contribution is -0.137. The highest BCUT2D eigenvalue weighted by Crippen LogP contribution is 2.23. The Morgan fingerprint density at radius 3 is 2.69 bits per heavy atom. The van der Waals surface area contributed by atoms with Gasteiger partial charge in [0.1, 0.15) is 0 Å². The van der Waals surface area contributed by atoms with E-state index in [9.17, 15) is 4.79 Å². The number of benzene rings is 1. The predicted octanol–water partition coefficient (Wildman–Crippen LogP) is 1.56. The van der Waals surface area contributed by atoms with Gasteiger partial charge in [-0.1, -0.05) is 22.0 Å². The number of aliphatic carboxylic acids is 1. The lowest BCUT2D eigenvalue weighted by Crippen LogP contribution is -2.36. The van der Waals surface area contributed by atoms with E-state index in [2.05, 4.69) is 15.9 Å². The van der Waals surface area contributed by atoms with Crippen LogP contribution in [0.5, 0.6) is 0 Å². The van der Waals surface area contributed by atoms with Crippen molar-refractivity contribution in [1.29, 1.82) is 0 Å². The molecular formula is C11H15BrN2O2. The Morgan fingerprint density at radius 2 is 2.12 bits per heavy atom. The molecule has 1 rings (SSSR count). The molecule has 0 aliphatic carbocycles. The average Bonchev–Trinajstić information content (AvgIpc) is 2.19. The molecule has 0 radical (unpaired) electrons. The summed E-state index contributed by atoms with van der Waals surface area (Å²) in [6, 6.07) is 4.67. The van der Waals surface area contributed by atoms with Crippen LogP contribution in [-0.2, 0) is 4.79 Å². The first-order valence-electron chi connectivity index (χ1n) is 4.91. The molecule has 5 heteroatoms. The third-order valence-electron chi connectivity index (χ3n) is 2.47. The van der Waals surface area contributed by atoms with E-state index in [-0.39, 0.29) is 6.42 Å². The van der Waals surface area contributed by atoms with E-state index in [1.807, 2.05) is 25.1 Å². The molecule has 0 saturated carbocycles. The molecular weight excluding hydrogens is 272 g/mol. The number of hydrogen-bond acceptors (Lipinski definition) is 3. The van der Waals surface area contributed by atoms with Gasteiger partial charge in [-0.25, -0.2) is 0 Å². The normalized spacial score (nSPS) is 14.5. The van der Waals surface area contributed by atoms with Crippen LogP contribution >= 0.6 is 15.9 Å². The van der Waals surface area contributed by atoms with Crippen LogP contribution in [0.15, 0.2) is 22.7 Å². The van der Waals surface area contributed by atoms with E-state index in [0.29, 0.717) is 0 Å². The molecule has 1 aromatic rings. The van der Waals surface area contributed by atoms with Gasteiger partial charge in [0.15, 0.2) is 0 Å². The van der Waals surface area contributed by atoms with E-state index in [4.69, 9.17) is 16.6 Å². The Balaban J connectivity index is 2.90. The van der Waals surface area contributed by atoms with Gasteiger partial charge < -0.3 is 16.6 Å². The number of carbonyl (C=O) groups is 1. The minimum absolute atomic E-state index is 0.132. The van der Waals surface area contributed by atoms with Crippen molar-refractivity contribution in [3.05, 3.63) is 33.8 Å². The van der Waals surface area contributed by atoms with Crippen LogP contribution in [-0.4, -0.2) is 17.1 Å². The van der Waals surface area contributed by atoms with Crippen molar-refractivity contribution in [3.8, 4) is 0 Å². The van der Waals surface area contributed by atoms with Gasteiger partial charge in [-0.15, -0.1) is 0 Å². The molecule has 1 aromatic carbocycles. The summed E-state index contributed by atoms with van der Waals surface area (Å²) in [5.41, 5.74) is 13.6. The van der Waals surface area contributed by atoms with Crippen molar-refractivity contribution in [2.45, 2.75) is 25.4 Å². The summed E-state index contributed by atoms with van der Waals surface area (Å²) in [6.07, 6.45) is -0.132. The molecule has 0 fully saturated rings. The van der Waals surface area contributed by atoms with Crippen molar-refractivity contribution in [3.63, 3.8) is 0 Å². The Hall–Kier alpha value is -0.910. The number of rotatable bonds is 4. The second kappa shape index (κ2) is 5.43. The van der Waals surface area contributed by atoms with Gasteiger partial charge >= 0.3 is 5.97 Å². The molecule has 0 heterocycles. The van der Waals surface area contributed by atoms with Gasteiger partial charge in [-0.05, 0) is 30.2 Å². The lowest BCUT2D eigenvalue weighted by atomic mass is 9.95. The fourth-order valence-electron chi connectivity index (χ4n) is 1.53. The smallest absolute Gasteiger partial charge is 0.304 e. The number of carboxylic acids is 1. The average molecular weight is 287 g/mol. The second-order valence-corrected chi connectivity index (χ2v) is 4.70. The Labute approximate surface area is 103 Å². The number of carboxylic acid groups (broad SMARTS) is 1. The number of hydrogen-bond donors (Lipinski definition) is 3. The van der Waals surface area contributed by atoms with Crippen LogP contribution in [0.3, 0.4) is 0 Å². The third kappa shape index (κ3) is 3.30. The lowest BCUT2D eigenvalue weighted by Gasteiger charge is -2.20. The fourth-order valence-corrected chi connectivity index (χ4v) is 1.91. The SMILES string of the molecule is Cc1ccc(Br)cc1C(N)C(N)CC(=O)O. The summed E-state index contributed by atoms with van der Waals surface area (Å²) in [6.45, 7) is 1.93. The van der Waals surface area contributed by atoms with Gasteiger partial charge in [0, 0.05) is 16.6 Å². The summed E-state index contributed by atoms with van der Waals surface area (Å²) in [5.74, 6) is -0.935. The van der Waals surface area contributed by atoms with E-state index in [0.717, 1.165) is 15.6 Å². The Bertz CT molecular complexity index is 396. The maximum atomic E-state index is 10.6. The molecule has 88 valence electrons. The highest BCUT2D eigenvalue weighted by molar-refractivity contribution is 9.10. The van der Waals surface area contributed by atoms with Crippen molar-refractivity contribution in [1.82, 2.24) is 0 Å². The predicted molar refractivity (Wildman–Crippen MR) is 66.0 cm³/mol. The zero-order valence-corrected chi connectivity index (χ0v) is 10.6. The van der Waals surface area contributed by atoms with Gasteiger partial charge in [-0.2, -0.15) is 0 Å². The molecule has 5 N–H and O–H groups in total. The largest absolute Gasteiger partial charge is 0.481 e. The van der Waals surface area contributed by atoms with E-state index in [1.165, 1.54) is 0 Å². The van der Waals surface area contributed by atoms with Crippen LogP contribution in [0.4, 0.5) is 0 Å². The van der Waals surface area contributed by atoms with Crippen LogP contribution in [0, 0.1) is 6.92 Å². The van der Waals surface area contributed by atoms with Crippen LogP contribution in [0.1, 0.15) is 23.6 Å². The highest BCUT2D eigenvalue weighted by atomic mass is 79.9. The molecule has 4 nitrogen and oxygen atoms in total. The molecule has 0 aromatic heterocycles. The van der Waals surface area contributed by atoms with Crippen LogP contribution in [0.2, 0.25) is 0 Å². The van der Waals surface area contributed by atoms with Crippen molar-refractivity contribution in [2.75, 3.05) is 0 Å². The third-order valence-corrected chi connectivity index (χ3v) is 2.97. The van der Waals surface area contributed by atoms with E-state index < -0.39 is 18.1 Å². The molecule has 16 heavy (non-hydrogen) atoms. The topological polar surface area (TPSA) is 89.3 Å². The summed E-state index contributed by atoms with van der Waals surface area (Å²) in [7, 11) is 0. The first-order valence-corrected chi connectivity index (χ1v) is 5.70. The van der Waals surface area contributed by atoms with Crippen LogP contribution in [0.25, 0.3) is 0 Å². The number of aryl methyl sites for hydroxylation is 1. The van der Waals surface area contributed by atoms with Crippen molar-refractivity contribution < 1.29 is 9.90 Å². The van der Waals surface area contributed by atoms with Gasteiger partial charge in [-0.3, -0.25) is 4.79 Å². The van der Waals surface area contributed by atoms with E-state index in [1.54, 1.807) is 0 Å².